The van der Waals surface area contributed by atoms with E-state index in [1.54, 1.807) is 0 Å². The van der Waals surface area contributed by atoms with Gasteiger partial charge in [0.2, 0.25) is 5.91 Å². The van der Waals surface area contributed by atoms with Crippen LogP contribution in [0, 0.1) is 15.5 Å². The van der Waals surface area contributed by atoms with Crippen molar-refractivity contribution in [3.63, 3.8) is 0 Å². The standard InChI is InChI=1S/C14H21N3O4/c1-14(2,3)8-9(15)7-12(19)16-13-10(17(20)21)5-4-6-11(13)18/h4-6,9,18H,7-8,15H2,1-3H3,(H,16,19). The minimum Gasteiger partial charge on any atom is -0.505 e. The van der Waals surface area contributed by atoms with Crippen LogP contribution in [0.1, 0.15) is 33.6 Å². The summed E-state index contributed by atoms with van der Waals surface area (Å²) in [5, 5.41) is 22.9. The second-order valence-electron chi connectivity index (χ2n) is 6.21. The Kier molecular flexibility index (Phi) is 5.26. The molecule has 0 saturated carbocycles. The lowest BCUT2D eigenvalue weighted by Crippen LogP contribution is -2.31. The van der Waals surface area contributed by atoms with Gasteiger partial charge in [-0.15, -0.1) is 0 Å². The number of carbonyl (C=O) groups is 1. The molecule has 7 heteroatoms. The Morgan fingerprint density at radius 2 is 2.10 bits per heavy atom. The molecule has 0 aromatic heterocycles. The molecular weight excluding hydrogens is 274 g/mol. The average Bonchev–Trinajstić information content (AvgIpc) is 2.28. The van der Waals surface area contributed by atoms with Gasteiger partial charge in [-0.3, -0.25) is 14.9 Å². The van der Waals surface area contributed by atoms with Gasteiger partial charge in [0.1, 0.15) is 5.75 Å². The predicted octanol–water partition coefficient (Wildman–Crippen LogP) is 2.39. The van der Waals surface area contributed by atoms with Gasteiger partial charge < -0.3 is 16.2 Å². The van der Waals surface area contributed by atoms with E-state index in [0.29, 0.717) is 6.42 Å². The smallest absolute Gasteiger partial charge is 0.296 e. The van der Waals surface area contributed by atoms with E-state index in [4.69, 9.17) is 5.73 Å². The third-order valence-electron chi connectivity index (χ3n) is 2.80. The minimum atomic E-state index is -0.662. The molecule has 0 aliphatic heterocycles. The maximum absolute atomic E-state index is 11.9. The number of benzene rings is 1. The molecule has 1 atom stereocenters. The molecule has 116 valence electrons. The summed E-state index contributed by atoms with van der Waals surface area (Å²) in [6, 6.07) is 3.48. The van der Waals surface area contributed by atoms with Crippen LogP contribution >= 0.6 is 0 Å². The second kappa shape index (κ2) is 6.53. The number of anilines is 1. The zero-order valence-corrected chi connectivity index (χ0v) is 12.4. The summed E-state index contributed by atoms with van der Waals surface area (Å²) in [4.78, 5) is 22.1. The topological polar surface area (TPSA) is 118 Å². The van der Waals surface area contributed by atoms with Crippen molar-refractivity contribution in [2.45, 2.75) is 39.7 Å². The van der Waals surface area contributed by atoms with E-state index in [9.17, 15) is 20.0 Å². The molecule has 0 radical (unpaired) electrons. The molecule has 0 heterocycles. The maximum atomic E-state index is 11.9. The number of hydrogen-bond acceptors (Lipinski definition) is 5. The highest BCUT2D eigenvalue weighted by Crippen LogP contribution is 2.33. The van der Waals surface area contributed by atoms with Crippen LogP contribution in [0.25, 0.3) is 0 Å². The number of rotatable bonds is 5. The van der Waals surface area contributed by atoms with Gasteiger partial charge in [0.15, 0.2) is 5.69 Å². The number of para-hydroxylation sites is 1. The summed E-state index contributed by atoms with van der Waals surface area (Å²) >= 11 is 0. The summed E-state index contributed by atoms with van der Waals surface area (Å²) in [5.41, 5.74) is 5.33. The number of nitrogens with zero attached hydrogens (tertiary/aromatic N) is 1. The van der Waals surface area contributed by atoms with Gasteiger partial charge in [-0.2, -0.15) is 0 Å². The Balaban J connectivity index is 2.78. The number of nitro groups is 1. The van der Waals surface area contributed by atoms with E-state index in [2.05, 4.69) is 5.32 Å². The van der Waals surface area contributed by atoms with E-state index >= 15 is 0 Å². The molecule has 0 aliphatic carbocycles. The normalized spacial score (nSPS) is 12.8. The van der Waals surface area contributed by atoms with E-state index in [-0.39, 0.29) is 35.0 Å². The van der Waals surface area contributed by atoms with E-state index in [0.717, 1.165) is 0 Å². The highest BCUT2D eigenvalue weighted by atomic mass is 16.6. The number of phenolic OH excluding ortho intramolecular Hbond substituents is 1. The maximum Gasteiger partial charge on any atom is 0.296 e. The van der Waals surface area contributed by atoms with Gasteiger partial charge >= 0.3 is 0 Å². The number of nitro benzene ring substituents is 1. The molecule has 1 aromatic rings. The lowest BCUT2D eigenvalue weighted by molar-refractivity contribution is -0.384. The largest absolute Gasteiger partial charge is 0.505 e. The number of phenols is 1. The summed E-state index contributed by atoms with van der Waals surface area (Å²) in [7, 11) is 0. The third kappa shape index (κ3) is 5.39. The zero-order chi connectivity index (χ0) is 16.2. The summed E-state index contributed by atoms with van der Waals surface area (Å²) in [6.07, 6.45) is 0.673. The Morgan fingerprint density at radius 3 is 2.62 bits per heavy atom. The van der Waals surface area contributed by atoms with Crippen molar-refractivity contribution in [1.82, 2.24) is 0 Å². The SMILES string of the molecule is CC(C)(C)CC(N)CC(=O)Nc1c(O)cccc1[N+](=O)[O-]. The van der Waals surface area contributed by atoms with Crippen molar-refractivity contribution in [2.24, 2.45) is 11.1 Å². The van der Waals surface area contributed by atoms with Gasteiger partial charge in [-0.25, -0.2) is 0 Å². The van der Waals surface area contributed by atoms with Crippen LogP contribution in [0.3, 0.4) is 0 Å². The van der Waals surface area contributed by atoms with Gasteiger partial charge in [-0.1, -0.05) is 26.8 Å². The second-order valence-corrected chi connectivity index (χ2v) is 6.21. The third-order valence-corrected chi connectivity index (χ3v) is 2.80. The molecule has 0 saturated heterocycles. The van der Waals surface area contributed by atoms with Crippen molar-refractivity contribution in [3.8, 4) is 5.75 Å². The fraction of sp³-hybridized carbons (Fsp3) is 0.500. The first kappa shape index (κ1) is 16.9. The highest BCUT2D eigenvalue weighted by molar-refractivity contribution is 5.95. The van der Waals surface area contributed by atoms with Crippen molar-refractivity contribution in [3.05, 3.63) is 28.3 Å². The quantitative estimate of drug-likeness (QED) is 0.438. The minimum absolute atomic E-state index is 0.0133. The summed E-state index contributed by atoms with van der Waals surface area (Å²) in [5.74, 6) is -0.807. The van der Waals surface area contributed by atoms with Gasteiger partial charge in [0, 0.05) is 18.5 Å². The van der Waals surface area contributed by atoms with E-state index < -0.39 is 10.8 Å². The van der Waals surface area contributed by atoms with Crippen LogP contribution < -0.4 is 11.1 Å². The number of hydrogen-bond donors (Lipinski definition) is 3. The molecule has 0 bridgehead atoms. The van der Waals surface area contributed by atoms with Crippen molar-refractivity contribution in [1.29, 1.82) is 0 Å². The molecule has 4 N–H and O–H groups in total. The lowest BCUT2D eigenvalue weighted by Gasteiger charge is -2.22. The summed E-state index contributed by atoms with van der Waals surface area (Å²) in [6.45, 7) is 6.04. The molecule has 0 spiro atoms. The molecule has 1 aromatic carbocycles. The first-order chi connectivity index (χ1) is 9.60. The van der Waals surface area contributed by atoms with Crippen molar-refractivity contribution < 1.29 is 14.8 Å². The molecule has 1 unspecified atom stereocenters. The predicted molar refractivity (Wildman–Crippen MR) is 80.1 cm³/mol. The fourth-order valence-electron chi connectivity index (χ4n) is 2.10. The van der Waals surface area contributed by atoms with Gasteiger partial charge in [-0.05, 0) is 17.9 Å². The Bertz CT molecular complexity index is 538. The summed E-state index contributed by atoms with van der Waals surface area (Å²) < 4.78 is 0. The monoisotopic (exact) mass is 295 g/mol. The molecule has 0 aliphatic rings. The van der Waals surface area contributed by atoms with E-state index in [1.807, 2.05) is 20.8 Å². The fourth-order valence-corrected chi connectivity index (χ4v) is 2.10. The first-order valence-electron chi connectivity index (χ1n) is 6.62. The van der Waals surface area contributed by atoms with Crippen LogP contribution in [-0.2, 0) is 4.79 Å². The number of amides is 1. The van der Waals surface area contributed by atoms with E-state index in [1.165, 1.54) is 18.2 Å². The van der Waals surface area contributed by atoms with Crippen LogP contribution in [0.15, 0.2) is 18.2 Å². The van der Waals surface area contributed by atoms with Crippen LogP contribution in [0.5, 0.6) is 5.75 Å². The molecule has 7 nitrogen and oxygen atoms in total. The lowest BCUT2D eigenvalue weighted by atomic mass is 9.87. The number of nitrogens with one attached hydrogen (secondary N) is 1. The van der Waals surface area contributed by atoms with Gasteiger partial charge in [0.05, 0.1) is 4.92 Å². The van der Waals surface area contributed by atoms with Crippen LogP contribution in [-0.4, -0.2) is 22.0 Å². The number of nitrogens with two attached hydrogens (primary N) is 1. The molecule has 1 rings (SSSR count). The Labute approximate surface area is 123 Å². The number of carbonyl (C=O) groups excluding carboxylic acids is 1. The average molecular weight is 295 g/mol. The number of aromatic hydroxyl groups is 1. The first-order valence-corrected chi connectivity index (χ1v) is 6.62. The van der Waals surface area contributed by atoms with Crippen molar-refractivity contribution in [2.75, 3.05) is 5.32 Å². The Hall–Kier alpha value is -2.15. The van der Waals surface area contributed by atoms with Crippen molar-refractivity contribution >= 4 is 17.3 Å². The molecule has 0 fully saturated rings. The molecular formula is C14H21N3O4. The Morgan fingerprint density at radius 1 is 1.48 bits per heavy atom. The molecule has 21 heavy (non-hydrogen) atoms. The van der Waals surface area contributed by atoms with Crippen LogP contribution in [0.2, 0.25) is 0 Å². The zero-order valence-electron chi connectivity index (χ0n) is 12.4. The molecule has 1 amide bonds. The highest BCUT2D eigenvalue weighted by Gasteiger charge is 2.22. The van der Waals surface area contributed by atoms with Crippen LogP contribution in [0.4, 0.5) is 11.4 Å². The van der Waals surface area contributed by atoms with Gasteiger partial charge in [0.25, 0.3) is 5.69 Å².